The van der Waals surface area contributed by atoms with E-state index in [0.29, 0.717) is 56.6 Å². The summed E-state index contributed by atoms with van der Waals surface area (Å²) < 4.78 is 40.3. The van der Waals surface area contributed by atoms with E-state index >= 15 is 0 Å². The molecule has 0 N–H and O–H groups in total. The summed E-state index contributed by atoms with van der Waals surface area (Å²) in [7, 11) is 3.10. The number of aromatic nitrogens is 2. The Kier molecular flexibility index (Phi) is 9.54. The molecule has 7 rings (SSSR count). The first-order valence-corrected chi connectivity index (χ1v) is 17.2. The molecule has 0 aliphatic carbocycles. The van der Waals surface area contributed by atoms with E-state index in [1.54, 1.807) is 56.0 Å². The Hall–Kier alpha value is -5.94. The van der Waals surface area contributed by atoms with Gasteiger partial charge in [0.25, 0.3) is 5.56 Å². The molecule has 0 amide bonds. The van der Waals surface area contributed by atoms with Crippen LogP contribution in [0.1, 0.15) is 29.7 Å². The Balaban J connectivity index is 1.40. The average molecular weight is 704 g/mol. The third kappa shape index (κ3) is 6.55. The van der Waals surface area contributed by atoms with Crippen molar-refractivity contribution >= 4 is 40.0 Å². The van der Waals surface area contributed by atoms with E-state index in [1.807, 2.05) is 66.9 Å². The number of ether oxygens (including phenoxy) is 4. The minimum Gasteiger partial charge on any atom is -0.497 e. The summed E-state index contributed by atoms with van der Waals surface area (Å²) in [6.07, 6.45) is 3.85. The van der Waals surface area contributed by atoms with Crippen LogP contribution >= 0.6 is 11.3 Å². The fourth-order valence-corrected chi connectivity index (χ4v) is 7.29. The molecule has 4 aromatic carbocycles. The van der Waals surface area contributed by atoms with Crippen LogP contribution in [-0.2, 0) is 16.1 Å². The number of benzene rings is 4. The van der Waals surface area contributed by atoms with Crippen molar-refractivity contribution in [2.45, 2.75) is 19.5 Å². The van der Waals surface area contributed by atoms with E-state index in [1.165, 1.54) is 23.5 Å². The molecule has 0 saturated heterocycles. The first kappa shape index (κ1) is 33.6. The molecular formula is C40H34FN3O6S. The summed E-state index contributed by atoms with van der Waals surface area (Å²) in [4.78, 5) is 33.9. The van der Waals surface area contributed by atoms with Gasteiger partial charge in [0.1, 0.15) is 35.7 Å². The predicted molar refractivity (Wildman–Crippen MR) is 194 cm³/mol. The fraction of sp³-hybridized carbons (Fsp3) is 0.175. The van der Waals surface area contributed by atoms with Gasteiger partial charge in [0.05, 0.1) is 43.2 Å². The molecule has 1 atom stereocenters. The second-order valence-corrected chi connectivity index (χ2v) is 12.6. The maximum absolute atomic E-state index is 14.6. The number of halogens is 1. The summed E-state index contributed by atoms with van der Waals surface area (Å²) in [5.41, 5.74) is 3.36. The summed E-state index contributed by atoms with van der Waals surface area (Å²) >= 11 is 1.24. The minimum absolute atomic E-state index is 0.135. The zero-order valence-corrected chi connectivity index (χ0v) is 29.0. The summed E-state index contributed by atoms with van der Waals surface area (Å²) in [5.74, 6) is 0.669. The van der Waals surface area contributed by atoms with Gasteiger partial charge >= 0.3 is 5.97 Å². The number of fused-ring (bicyclic) bond motifs is 2. The topological polar surface area (TPSA) is 93.3 Å². The van der Waals surface area contributed by atoms with Crippen LogP contribution < -0.4 is 29.1 Å². The van der Waals surface area contributed by atoms with Gasteiger partial charge in [-0.15, -0.1) is 0 Å². The van der Waals surface area contributed by atoms with Crippen LogP contribution in [0.5, 0.6) is 17.2 Å². The van der Waals surface area contributed by atoms with E-state index in [0.717, 1.165) is 16.5 Å². The number of para-hydroxylation sites is 1. The normalized spacial score (nSPS) is 14.3. The zero-order chi connectivity index (χ0) is 35.5. The highest BCUT2D eigenvalue weighted by Crippen LogP contribution is 2.40. The van der Waals surface area contributed by atoms with Crippen molar-refractivity contribution in [3.8, 4) is 17.2 Å². The number of esters is 1. The maximum Gasteiger partial charge on any atom is 0.338 e. The number of hydrogen-bond donors (Lipinski definition) is 0. The third-order valence-corrected chi connectivity index (χ3v) is 9.61. The fourth-order valence-electron chi connectivity index (χ4n) is 6.30. The standard InChI is InChI=1S/C40H34FN3O6S/c1-4-49-39(46)35-36(25-10-6-5-7-11-25)42-40-44(37(35)31-23-29(47-2)18-19-33(31)48-3)38(45)34(51-40)22-26-24-43(32-13-9-8-12-30(26)32)20-21-50-28-16-14-27(41)15-17-28/h5-19,22-24,37H,4,20-21H2,1-3H3/b34-22-/t37-/m1/s1. The lowest BCUT2D eigenvalue weighted by Crippen LogP contribution is -2.40. The van der Waals surface area contributed by atoms with Crippen LogP contribution in [0.25, 0.3) is 22.7 Å². The molecular weight excluding hydrogens is 670 g/mol. The average Bonchev–Trinajstić information content (AvgIpc) is 3.67. The number of hydrogen-bond acceptors (Lipinski definition) is 8. The molecule has 9 nitrogen and oxygen atoms in total. The van der Waals surface area contributed by atoms with Gasteiger partial charge in [0.15, 0.2) is 4.80 Å². The van der Waals surface area contributed by atoms with Crippen LogP contribution in [0, 0.1) is 5.82 Å². The Morgan fingerprint density at radius 3 is 2.43 bits per heavy atom. The van der Waals surface area contributed by atoms with Crippen molar-refractivity contribution in [2.75, 3.05) is 27.4 Å². The van der Waals surface area contributed by atoms with Gasteiger partial charge in [-0.25, -0.2) is 14.2 Å². The van der Waals surface area contributed by atoms with Crippen LogP contribution in [-0.4, -0.2) is 42.5 Å². The molecule has 3 heterocycles. The van der Waals surface area contributed by atoms with Crippen molar-refractivity contribution in [1.82, 2.24) is 9.13 Å². The van der Waals surface area contributed by atoms with Crippen LogP contribution in [0.4, 0.5) is 4.39 Å². The number of methoxy groups -OCH3 is 2. The smallest absolute Gasteiger partial charge is 0.338 e. The zero-order valence-electron chi connectivity index (χ0n) is 28.2. The first-order valence-electron chi connectivity index (χ1n) is 16.4. The lowest BCUT2D eigenvalue weighted by Gasteiger charge is -2.27. The lowest BCUT2D eigenvalue weighted by atomic mass is 9.92. The molecule has 6 aromatic rings. The number of rotatable bonds is 11. The van der Waals surface area contributed by atoms with Crippen LogP contribution in [0.2, 0.25) is 0 Å². The second-order valence-electron chi connectivity index (χ2n) is 11.6. The van der Waals surface area contributed by atoms with E-state index < -0.39 is 12.0 Å². The molecule has 1 aliphatic heterocycles. The highest BCUT2D eigenvalue weighted by Gasteiger charge is 2.37. The Labute approximate surface area is 296 Å². The van der Waals surface area contributed by atoms with E-state index in [2.05, 4.69) is 4.57 Å². The predicted octanol–water partition coefficient (Wildman–Crippen LogP) is 6.13. The van der Waals surface area contributed by atoms with Crippen molar-refractivity contribution in [2.24, 2.45) is 4.99 Å². The van der Waals surface area contributed by atoms with E-state index in [4.69, 9.17) is 23.9 Å². The molecule has 0 fully saturated rings. The van der Waals surface area contributed by atoms with Gasteiger partial charge in [0.2, 0.25) is 0 Å². The first-order chi connectivity index (χ1) is 24.9. The molecule has 2 aromatic heterocycles. The lowest BCUT2D eigenvalue weighted by molar-refractivity contribution is -0.138. The summed E-state index contributed by atoms with van der Waals surface area (Å²) in [5, 5.41) is 0.952. The Morgan fingerprint density at radius 2 is 1.69 bits per heavy atom. The largest absolute Gasteiger partial charge is 0.497 e. The van der Waals surface area contributed by atoms with Crippen molar-refractivity contribution in [1.29, 1.82) is 0 Å². The van der Waals surface area contributed by atoms with E-state index in [-0.39, 0.29) is 23.6 Å². The highest BCUT2D eigenvalue weighted by atomic mass is 32.1. The Morgan fingerprint density at radius 1 is 0.941 bits per heavy atom. The minimum atomic E-state index is -0.937. The molecule has 0 spiro atoms. The number of thiazole rings is 1. The molecule has 0 radical (unpaired) electrons. The summed E-state index contributed by atoms with van der Waals surface area (Å²) in [6.45, 7) is 2.75. The third-order valence-electron chi connectivity index (χ3n) is 8.63. The van der Waals surface area contributed by atoms with Gasteiger partial charge in [-0.1, -0.05) is 59.9 Å². The number of carbonyl (C=O) groups excluding carboxylic acids is 1. The van der Waals surface area contributed by atoms with E-state index in [9.17, 15) is 14.0 Å². The highest BCUT2D eigenvalue weighted by molar-refractivity contribution is 7.07. The number of carbonyl (C=O) groups is 1. The molecule has 0 unspecified atom stereocenters. The number of nitrogens with zero attached hydrogens (tertiary/aromatic N) is 3. The molecule has 51 heavy (non-hydrogen) atoms. The van der Waals surface area contributed by atoms with Gasteiger partial charge in [-0.3, -0.25) is 9.36 Å². The van der Waals surface area contributed by atoms with Crippen molar-refractivity contribution in [3.63, 3.8) is 0 Å². The molecule has 11 heteroatoms. The molecule has 0 saturated carbocycles. The van der Waals surface area contributed by atoms with Crippen molar-refractivity contribution < 1.29 is 28.1 Å². The van der Waals surface area contributed by atoms with Crippen LogP contribution in [0.3, 0.4) is 0 Å². The van der Waals surface area contributed by atoms with Crippen LogP contribution in [0.15, 0.2) is 119 Å². The molecule has 1 aliphatic rings. The maximum atomic E-state index is 14.6. The summed E-state index contributed by atoms with van der Waals surface area (Å²) in [6, 6.07) is 27.6. The van der Waals surface area contributed by atoms with Gasteiger partial charge < -0.3 is 23.5 Å². The van der Waals surface area contributed by atoms with Gasteiger partial charge in [-0.2, -0.15) is 0 Å². The quantitative estimate of drug-likeness (QED) is 0.151. The van der Waals surface area contributed by atoms with Gasteiger partial charge in [0, 0.05) is 33.8 Å². The molecule has 258 valence electrons. The van der Waals surface area contributed by atoms with Gasteiger partial charge in [-0.05, 0) is 61.5 Å². The van der Waals surface area contributed by atoms with Crippen molar-refractivity contribution in [3.05, 3.63) is 151 Å². The second kappa shape index (κ2) is 14.5. The molecule has 0 bridgehead atoms. The SMILES string of the molecule is CCOC(=O)C1=C(c2ccccc2)N=c2s/c(=C\c3cn(CCOc4ccc(F)cc4)c4ccccc34)c(=O)n2[C@@H]1c1cc(OC)ccc1OC. The Bertz CT molecular complexity index is 2450. The monoisotopic (exact) mass is 703 g/mol.